The third-order valence-electron chi connectivity index (χ3n) is 3.25. The zero-order chi connectivity index (χ0) is 14.1. The molecule has 1 aliphatic rings. The van der Waals surface area contributed by atoms with Gasteiger partial charge in [-0.15, -0.1) is 0 Å². The average molecular weight is 283 g/mol. The number of nitrogens with zero attached hydrogens (tertiary/aromatic N) is 1. The van der Waals surface area contributed by atoms with Crippen molar-refractivity contribution in [1.82, 2.24) is 4.98 Å². The molecule has 0 saturated heterocycles. The highest BCUT2D eigenvalue weighted by atomic mass is 32.2. The SMILES string of the molecule is CC(=O)CC1(c2ccc(COS(C)(=O)=O)cn2)CC1. The van der Waals surface area contributed by atoms with E-state index in [0.29, 0.717) is 12.0 Å². The minimum Gasteiger partial charge on any atom is -0.300 e. The van der Waals surface area contributed by atoms with E-state index in [0.717, 1.165) is 24.8 Å². The zero-order valence-electron chi connectivity index (χ0n) is 11.0. The van der Waals surface area contributed by atoms with Crippen LogP contribution in [0, 0.1) is 0 Å². The molecular weight excluding hydrogens is 266 g/mol. The van der Waals surface area contributed by atoms with Crippen molar-refractivity contribution >= 4 is 15.9 Å². The quantitative estimate of drug-likeness (QED) is 0.741. The molecule has 1 fully saturated rings. The molecule has 1 aliphatic carbocycles. The number of rotatable bonds is 6. The van der Waals surface area contributed by atoms with Crippen LogP contribution in [0.3, 0.4) is 0 Å². The Kier molecular flexibility index (Phi) is 3.73. The maximum atomic E-state index is 11.2. The van der Waals surface area contributed by atoms with Crippen molar-refractivity contribution in [1.29, 1.82) is 0 Å². The van der Waals surface area contributed by atoms with E-state index in [9.17, 15) is 13.2 Å². The van der Waals surface area contributed by atoms with E-state index in [1.54, 1.807) is 19.2 Å². The van der Waals surface area contributed by atoms with E-state index in [-0.39, 0.29) is 17.8 Å². The highest BCUT2D eigenvalue weighted by Gasteiger charge is 2.46. The molecule has 104 valence electrons. The van der Waals surface area contributed by atoms with Crippen molar-refractivity contribution in [3.05, 3.63) is 29.6 Å². The van der Waals surface area contributed by atoms with E-state index >= 15 is 0 Å². The summed E-state index contributed by atoms with van der Waals surface area (Å²) in [5, 5.41) is 0. The van der Waals surface area contributed by atoms with Crippen LogP contribution in [0.5, 0.6) is 0 Å². The van der Waals surface area contributed by atoms with Crippen LogP contribution in [0.25, 0.3) is 0 Å². The van der Waals surface area contributed by atoms with Crippen LogP contribution in [0.15, 0.2) is 18.3 Å². The fraction of sp³-hybridized carbons (Fsp3) is 0.538. The van der Waals surface area contributed by atoms with E-state index < -0.39 is 10.1 Å². The molecule has 1 aromatic rings. The lowest BCUT2D eigenvalue weighted by atomic mass is 9.95. The standard InChI is InChI=1S/C13H17NO4S/c1-10(15)7-13(5-6-13)12-4-3-11(8-14-12)9-18-19(2,16)17/h3-4,8H,5-7,9H2,1-2H3. The predicted octanol–water partition coefficient (Wildman–Crippen LogP) is 1.57. The molecule has 5 nitrogen and oxygen atoms in total. The van der Waals surface area contributed by atoms with Gasteiger partial charge < -0.3 is 0 Å². The molecule has 0 spiro atoms. The Bertz CT molecular complexity index is 573. The summed E-state index contributed by atoms with van der Waals surface area (Å²) < 4.78 is 26.5. The summed E-state index contributed by atoms with van der Waals surface area (Å²) >= 11 is 0. The largest absolute Gasteiger partial charge is 0.300 e. The number of hydrogen-bond donors (Lipinski definition) is 0. The van der Waals surface area contributed by atoms with E-state index in [2.05, 4.69) is 4.98 Å². The summed E-state index contributed by atoms with van der Waals surface area (Å²) in [4.78, 5) is 15.6. The number of hydrogen-bond acceptors (Lipinski definition) is 5. The van der Waals surface area contributed by atoms with Gasteiger partial charge in [0.25, 0.3) is 10.1 Å². The summed E-state index contributed by atoms with van der Waals surface area (Å²) in [5.74, 6) is 0.170. The van der Waals surface area contributed by atoms with Crippen LogP contribution in [0.2, 0.25) is 0 Å². The predicted molar refractivity (Wildman–Crippen MR) is 70.1 cm³/mol. The Morgan fingerprint density at radius 2 is 2.11 bits per heavy atom. The van der Waals surface area contributed by atoms with Gasteiger partial charge in [-0.2, -0.15) is 8.42 Å². The fourth-order valence-corrected chi connectivity index (χ4v) is 2.50. The number of pyridine rings is 1. The Labute approximate surface area is 113 Å². The van der Waals surface area contributed by atoms with Gasteiger partial charge in [0.05, 0.1) is 12.9 Å². The summed E-state index contributed by atoms with van der Waals surface area (Å²) in [6.45, 7) is 1.58. The van der Waals surface area contributed by atoms with Crippen LogP contribution in [-0.4, -0.2) is 25.4 Å². The minimum absolute atomic E-state index is 0.00811. The number of ketones is 1. The van der Waals surface area contributed by atoms with Gasteiger partial charge in [-0.3, -0.25) is 14.0 Å². The van der Waals surface area contributed by atoms with Crippen LogP contribution in [0.1, 0.15) is 37.4 Å². The topological polar surface area (TPSA) is 73.3 Å². The van der Waals surface area contributed by atoms with Gasteiger partial charge in [0.2, 0.25) is 0 Å². The van der Waals surface area contributed by atoms with Crippen molar-refractivity contribution in [2.75, 3.05) is 6.26 Å². The van der Waals surface area contributed by atoms with Crippen molar-refractivity contribution in [3.63, 3.8) is 0 Å². The molecule has 0 aliphatic heterocycles. The lowest BCUT2D eigenvalue weighted by molar-refractivity contribution is -0.117. The highest BCUT2D eigenvalue weighted by molar-refractivity contribution is 7.85. The maximum absolute atomic E-state index is 11.2. The molecule has 1 heterocycles. The molecule has 0 radical (unpaired) electrons. The highest BCUT2D eigenvalue weighted by Crippen LogP contribution is 2.50. The lowest BCUT2D eigenvalue weighted by Gasteiger charge is -2.13. The van der Waals surface area contributed by atoms with Crippen LogP contribution in [-0.2, 0) is 31.1 Å². The van der Waals surface area contributed by atoms with Gasteiger partial charge in [0.1, 0.15) is 5.78 Å². The Morgan fingerprint density at radius 3 is 2.53 bits per heavy atom. The van der Waals surface area contributed by atoms with Gasteiger partial charge in [-0.05, 0) is 31.4 Å². The molecular formula is C13H17NO4S. The average Bonchev–Trinajstić information content (AvgIpc) is 3.06. The summed E-state index contributed by atoms with van der Waals surface area (Å²) in [6.07, 6.45) is 5.12. The zero-order valence-corrected chi connectivity index (χ0v) is 11.9. The third-order valence-corrected chi connectivity index (χ3v) is 3.79. The van der Waals surface area contributed by atoms with E-state index in [1.165, 1.54) is 0 Å². The summed E-state index contributed by atoms with van der Waals surface area (Å²) in [7, 11) is -3.44. The molecule has 0 bridgehead atoms. The first kappa shape index (κ1) is 14.1. The molecule has 2 rings (SSSR count). The molecule has 1 aromatic heterocycles. The molecule has 1 saturated carbocycles. The van der Waals surface area contributed by atoms with Gasteiger partial charge in [-0.25, -0.2) is 0 Å². The van der Waals surface area contributed by atoms with Crippen LogP contribution < -0.4 is 0 Å². The number of carbonyl (C=O) groups excluding carboxylic acids is 1. The first-order valence-electron chi connectivity index (χ1n) is 6.10. The second-order valence-electron chi connectivity index (χ2n) is 5.18. The van der Waals surface area contributed by atoms with Crippen LogP contribution in [0.4, 0.5) is 0 Å². The van der Waals surface area contributed by atoms with Gasteiger partial charge in [0, 0.05) is 23.7 Å². The molecule has 0 amide bonds. The number of carbonyl (C=O) groups is 1. The normalized spacial score (nSPS) is 17.2. The summed E-state index contributed by atoms with van der Waals surface area (Å²) in [6, 6.07) is 3.66. The maximum Gasteiger partial charge on any atom is 0.264 e. The number of aromatic nitrogens is 1. The second kappa shape index (κ2) is 5.02. The molecule has 6 heteroatoms. The van der Waals surface area contributed by atoms with Crippen molar-refractivity contribution < 1.29 is 17.4 Å². The first-order chi connectivity index (χ1) is 8.81. The monoisotopic (exact) mass is 283 g/mol. The fourth-order valence-electron chi connectivity index (χ4n) is 2.15. The first-order valence-corrected chi connectivity index (χ1v) is 7.92. The van der Waals surface area contributed by atoms with Gasteiger partial charge >= 0.3 is 0 Å². The smallest absolute Gasteiger partial charge is 0.264 e. The number of Topliss-reactive ketones (excluding diaryl/α,β-unsaturated/α-hetero) is 1. The summed E-state index contributed by atoms with van der Waals surface area (Å²) in [5.41, 5.74) is 1.53. The van der Waals surface area contributed by atoms with E-state index in [4.69, 9.17) is 4.18 Å². The molecule has 0 N–H and O–H groups in total. The van der Waals surface area contributed by atoms with Gasteiger partial charge in [-0.1, -0.05) is 6.07 Å². The van der Waals surface area contributed by atoms with Crippen LogP contribution >= 0.6 is 0 Å². The van der Waals surface area contributed by atoms with E-state index in [1.807, 2.05) is 6.07 Å². The van der Waals surface area contributed by atoms with Crippen molar-refractivity contribution in [2.24, 2.45) is 0 Å². The Balaban J connectivity index is 2.05. The lowest BCUT2D eigenvalue weighted by Crippen LogP contribution is -2.13. The molecule has 0 aromatic carbocycles. The second-order valence-corrected chi connectivity index (χ2v) is 6.82. The van der Waals surface area contributed by atoms with Gasteiger partial charge in [0.15, 0.2) is 0 Å². The molecule has 0 atom stereocenters. The van der Waals surface area contributed by atoms with Crippen molar-refractivity contribution in [3.8, 4) is 0 Å². The van der Waals surface area contributed by atoms with Crippen molar-refractivity contribution in [2.45, 2.75) is 38.2 Å². The third kappa shape index (κ3) is 3.84. The molecule has 19 heavy (non-hydrogen) atoms. The Morgan fingerprint density at radius 1 is 1.42 bits per heavy atom. The Hall–Kier alpha value is -1.27. The minimum atomic E-state index is -3.44. The molecule has 0 unspecified atom stereocenters.